The third kappa shape index (κ3) is 6.54. The maximum atomic E-state index is 13.5. The maximum Gasteiger partial charge on any atom is 0.330 e. The van der Waals surface area contributed by atoms with E-state index in [0.29, 0.717) is 0 Å². The van der Waals surface area contributed by atoms with Crippen LogP contribution in [0.2, 0.25) is 5.02 Å². The van der Waals surface area contributed by atoms with Crippen LogP contribution in [0.15, 0.2) is 18.2 Å². The number of nitrogens with one attached hydrogen (secondary N) is 2. The van der Waals surface area contributed by atoms with Gasteiger partial charge in [-0.1, -0.05) is 17.7 Å². The van der Waals surface area contributed by atoms with E-state index in [-0.39, 0.29) is 41.8 Å². The van der Waals surface area contributed by atoms with Crippen molar-refractivity contribution in [3.05, 3.63) is 34.6 Å². The Hall–Kier alpha value is -2.15. The summed E-state index contributed by atoms with van der Waals surface area (Å²) in [6.45, 7) is 3.65. The first kappa shape index (κ1) is 19.9. The van der Waals surface area contributed by atoms with Crippen LogP contribution in [0.1, 0.15) is 44.7 Å². The van der Waals surface area contributed by atoms with Crippen LogP contribution in [0.3, 0.4) is 0 Å². The Balaban J connectivity index is 2.59. The fourth-order valence-electron chi connectivity index (χ4n) is 2.02. The smallest absolute Gasteiger partial charge is 0.330 e. The van der Waals surface area contributed by atoms with Gasteiger partial charge in [0.05, 0.1) is 5.02 Å². The van der Waals surface area contributed by atoms with Gasteiger partial charge in [0, 0.05) is 18.9 Å². The fourth-order valence-corrected chi connectivity index (χ4v) is 2.13. The zero-order valence-electron chi connectivity index (χ0n) is 13.4. The lowest BCUT2D eigenvalue weighted by Gasteiger charge is -2.15. The van der Waals surface area contributed by atoms with E-state index in [1.165, 1.54) is 12.1 Å². The molecule has 0 aliphatic rings. The summed E-state index contributed by atoms with van der Waals surface area (Å²) < 4.78 is 13.5. The summed E-state index contributed by atoms with van der Waals surface area (Å²) in [7, 11) is 0. The van der Waals surface area contributed by atoms with Gasteiger partial charge in [-0.2, -0.15) is 0 Å². The van der Waals surface area contributed by atoms with Gasteiger partial charge < -0.3 is 15.7 Å². The molecule has 1 rings (SSSR count). The van der Waals surface area contributed by atoms with Gasteiger partial charge in [-0.15, -0.1) is 0 Å². The molecule has 0 aliphatic heterocycles. The molecule has 0 aromatic heterocycles. The summed E-state index contributed by atoms with van der Waals surface area (Å²) in [6, 6.07) is 2.17. The topological polar surface area (TPSA) is 95.5 Å². The highest BCUT2D eigenvalue weighted by molar-refractivity contribution is 6.30. The first-order chi connectivity index (χ1) is 11.2. The van der Waals surface area contributed by atoms with Crippen LogP contribution in [0.4, 0.5) is 4.39 Å². The van der Waals surface area contributed by atoms with Gasteiger partial charge in [-0.05, 0) is 38.0 Å². The quantitative estimate of drug-likeness (QED) is 0.665. The Kier molecular flexibility index (Phi) is 7.64. The van der Waals surface area contributed by atoms with Crippen molar-refractivity contribution in [1.29, 1.82) is 0 Å². The van der Waals surface area contributed by atoms with E-state index in [0.717, 1.165) is 6.07 Å². The summed E-state index contributed by atoms with van der Waals surface area (Å²) in [6.07, 6.45) is 0.440. The highest BCUT2D eigenvalue weighted by Gasteiger charge is 2.23. The fraction of sp³-hybridized carbons (Fsp3) is 0.438. The molecule has 1 aromatic rings. The zero-order chi connectivity index (χ0) is 18.3. The second-order valence-electron chi connectivity index (χ2n) is 5.59. The summed E-state index contributed by atoms with van der Waals surface area (Å²) in [5.41, 5.74) is 0.0790. The van der Waals surface area contributed by atoms with Crippen LogP contribution in [0, 0.1) is 5.82 Å². The summed E-state index contributed by atoms with van der Waals surface area (Å²) in [5.74, 6) is -2.79. The normalized spacial score (nSPS) is 11.9. The van der Waals surface area contributed by atoms with Crippen LogP contribution in [0.5, 0.6) is 0 Å². The Morgan fingerprint density at radius 1 is 1.17 bits per heavy atom. The number of carbonyl (C=O) groups excluding carboxylic acids is 2. The first-order valence-corrected chi connectivity index (χ1v) is 7.85. The van der Waals surface area contributed by atoms with Crippen LogP contribution >= 0.6 is 11.6 Å². The molecule has 0 aliphatic carbocycles. The molecule has 0 fully saturated rings. The first-order valence-electron chi connectivity index (χ1n) is 7.47. The number of halogens is 2. The molecule has 2 amide bonds. The van der Waals surface area contributed by atoms with Gasteiger partial charge in [0.25, 0.3) is 0 Å². The Labute approximate surface area is 144 Å². The summed E-state index contributed by atoms with van der Waals surface area (Å²) in [4.78, 5) is 34.6. The molecule has 0 saturated heterocycles. The predicted molar refractivity (Wildman–Crippen MR) is 87.1 cm³/mol. The molecule has 24 heavy (non-hydrogen) atoms. The van der Waals surface area contributed by atoms with Crippen molar-refractivity contribution in [1.82, 2.24) is 10.6 Å². The number of carboxylic acid groups (broad SMARTS) is 1. The Bertz CT molecular complexity index is 622. The molecule has 3 N–H and O–H groups in total. The minimum absolute atomic E-state index is 0.00856. The van der Waals surface area contributed by atoms with Crippen molar-refractivity contribution in [2.75, 3.05) is 0 Å². The lowest BCUT2D eigenvalue weighted by molar-refractivity contribution is -0.142. The maximum absolute atomic E-state index is 13.5. The van der Waals surface area contributed by atoms with Crippen LogP contribution in [-0.2, 0) is 14.4 Å². The van der Waals surface area contributed by atoms with E-state index < -0.39 is 23.7 Å². The van der Waals surface area contributed by atoms with E-state index in [2.05, 4.69) is 10.6 Å². The van der Waals surface area contributed by atoms with E-state index in [4.69, 9.17) is 11.6 Å². The highest BCUT2D eigenvalue weighted by atomic mass is 35.5. The largest absolute Gasteiger partial charge is 0.479 e. The molecule has 0 bridgehead atoms. The zero-order valence-corrected chi connectivity index (χ0v) is 14.2. The van der Waals surface area contributed by atoms with Crippen LogP contribution in [0.25, 0.3) is 0 Å². The van der Waals surface area contributed by atoms with Crippen molar-refractivity contribution in [2.45, 2.75) is 45.2 Å². The molecule has 0 spiro atoms. The van der Waals surface area contributed by atoms with Crippen molar-refractivity contribution in [2.24, 2.45) is 0 Å². The monoisotopic (exact) mass is 358 g/mol. The number of aliphatic carboxylic acids is 1. The lowest BCUT2D eigenvalue weighted by atomic mass is 10.1. The molecule has 132 valence electrons. The number of amides is 2. The van der Waals surface area contributed by atoms with Gasteiger partial charge in [0.15, 0.2) is 6.04 Å². The second kappa shape index (κ2) is 9.22. The van der Waals surface area contributed by atoms with E-state index in [1.807, 2.05) is 13.8 Å². The number of benzene rings is 1. The minimum atomic E-state index is -1.38. The standard InChI is InChI=1S/C16H20ClFN2O4/c1-9(2)19-13(21)4-3-5-14(22)20-15(16(23)24)10-6-7-11(17)12(18)8-10/h6-9,15H,3-5H2,1-2H3,(H,19,21)(H,20,22)(H,23,24). The third-order valence-electron chi connectivity index (χ3n) is 3.09. The van der Waals surface area contributed by atoms with Gasteiger partial charge in [-0.25, -0.2) is 9.18 Å². The molecule has 0 heterocycles. The van der Waals surface area contributed by atoms with Crippen molar-refractivity contribution in [3.8, 4) is 0 Å². The predicted octanol–water partition coefficient (Wildman–Crippen LogP) is 2.42. The van der Waals surface area contributed by atoms with Gasteiger partial charge in [-0.3, -0.25) is 9.59 Å². The van der Waals surface area contributed by atoms with Crippen molar-refractivity contribution >= 4 is 29.4 Å². The van der Waals surface area contributed by atoms with Gasteiger partial charge >= 0.3 is 5.97 Å². The van der Waals surface area contributed by atoms with Crippen LogP contribution in [-0.4, -0.2) is 28.9 Å². The van der Waals surface area contributed by atoms with Crippen LogP contribution < -0.4 is 10.6 Å². The number of hydrogen-bond acceptors (Lipinski definition) is 3. The van der Waals surface area contributed by atoms with Crippen molar-refractivity contribution in [3.63, 3.8) is 0 Å². The molecule has 1 aromatic carbocycles. The van der Waals surface area contributed by atoms with Gasteiger partial charge in [0.1, 0.15) is 5.82 Å². The lowest BCUT2D eigenvalue weighted by Crippen LogP contribution is -2.34. The minimum Gasteiger partial charge on any atom is -0.479 e. The number of carboxylic acids is 1. The molecule has 1 atom stereocenters. The highest BCUT2D eigenvalue weighted by Crippen LogP contribution is 2.20. The Morgan fingerprint density at radius 3 is 2.25 bits per heavy atom. The third-order valence-corrected chi connectivity index (χ3v) is 3.39. The number of carbonyl (C=O) groups is 3. The summed E-state index contributed by atoms with van der Waals surface area (Å²) in [5, 5.41) is 14.1. The number of rotatable bonds is 8. The average molecular weight is 359 g/mol. The van der Waals surface area contributed by atoms with Gasteiger partial charge in [0.2, 0.25) is 11.8 Å². The molecule has 8 heteroatoms. The molecule has 6 nitrogen and oxygen atoms in total. The second-order valence-corrected chi connectivity index (χ2v) is 6.00. The SMILES string of the molecule is CC(C)NC(=O)CCCC(=O)NC(C(=O)O)c1ccc(Cl)c(F)c1. The molecule has 0 saturated carbocycles. The average Bonchev–Trinajstić information content (AvgIpc) is 2.46. The van der Waals surface area contributed by atoms with E-state index >= 15 is 0 Å². The molecular weight excluding hydrogens is 339 g/mol. The number of hydrogen-bond donors (Lipinski definition) is 3. The van der Waals surface area contributed by atoms with E-state index in [1.54, 1.807) is 0 Å². The van der Waals surface area contributed by atoms with Crippen molar-refractivity contribution < 1.29 is 23.9 Å². The molecular formula is C16H20ClFN2O4. The molecule has 1 unspecified atom stereocenters. The van der Waals surface area contributed by atoms with E-state index in [9.17, 15) is 23.9 Å². The Morgan fingerprint density at radius 2 is 1.75 bits per heavy atom. The summed E-state index contributed by atoms with van der Waals surface area (Å²) >= 11 is 5.56. The molecule has 0 radical (unpaired) electrons.